The Balaban J connectivity index is 1.50. The van der Waals surface area contributed by atoms with E-state index in [-0.39, 0.29) is 12.5 Å². The van der Waals surface area contributed by atoms with Crippen molar-refractivity contribution >= 4 is 57.9 Å². The number of amides is 1. The second-order valence-electron chi connectivity index (χ2n) is 7.57. The lowest BCUT2D eigenvalue weighted by molar-refractivity contribution is -0.151. The number of thioether (sulfide) groups is 1. The van der Waals surface area contributed by atoms with Crippen molar-refractivity contribution in [2.24, 2.45) is 0 Å². The van der Waals surface area contributed by atoms with Gasteiger partial charge in [-0.2, -0.15) is 0 Å². The first-order chi connectivity index (χ1) is 17.0. The quantitative estimate of drug-likeness (QED) is 0.193. The zero-order chi connectivity index (χ0) is 24.8. The first-order valence-corrected chi connectivity index (χ1v) is 12.5. The summed E-state index contributed by atoms with van der Waals surface area (Å²) in [4.78, 5) is 27.9. The number of halogens is 1. The lowest BCUT2D eigenvalue weighted by Crippen LogP contribution is -2.38. The first kappa shape index (κ1) is 25.0. The summed E-state index contributed by atoms with van der Waals surface area (Å²) in [7, 11) is 0. The molecule has 1 saturated heterocycles. The third-order valence-electron chi connectivity index (χ3n) is 5.24. The maximum absolute atomic E-state index is 13.3. The molecule has 1 atom stereocenters. The fraction of sp³-hybridized carbons (Fsp3) is 0.148. The highest BCUT2D eigenvalue weighted by molar-refractivity contribution is 8.26. The molecule has 35 heavy (non-hydrogen) atoms. The SMILES string of the molecule is CCOC(=O)C(c1ccccc1)N1C(=O)/C(=C/c2ccc(OCc3ccccc3Cl)cc2)SC1=S. The standard InChI is InChI=1S/C27H22ClNO4S2/c1-2-32-26(31)24(19-8-4-3-5-9-19)29-25(30)23(35-27(29)34)16-18-12-14-21(15-13-18)33-17-20-10-6-7-11-22(20)28/h3-16,24H,2,17H2,1H3/b23-16-. The minimum absolute atomic E-state index is 0.206. The molecule has 1 fully saturated rings. The monoisotopic (exact) mass is 523 g/mol. The van der Waals surface area contributed by atoms with Gasteiger partial charge < -0.3 is 9.47 Å². The lowest BCUT2D eigenvalue weighted by atomic mass is 10.1. The summed E-state index contributed by atoms with van der Waals surface area (Å²) in [6, 6.07) is 23.0. The van der Waals surface area contributed by atoms with E-state index in [4.69, 9.17) is 33.3 Å². The molecular formula is C27H22ClNO4S2. The maximum atomic E-state index is 13.3. The van der Waals surface area contributed by atoms with Gasteiger partial charge in [-0.25, -0.2) is 4.79 Å². The fourth-order valence-electron chi connectivity index (χ4n) is 3.54. The predicted octanol–water partition coefficient (Wildman–Crippen LogP) is 6.42. The Kier molecular flexibility index (Phi) is 8.23. The summed E-state index contributed by atoms with van der Waals surface area (Å²) in [6.45, 7) is 2.29. The van der Waals surface area contributed by atoms with Gasteiger partial charge in [0.15, 0.2) is 6.04 Å². The topological polar surface area (TPSA) is 55.8 Å². The van der Waals surface area contributed by atoms with Gasteiger partial charge in [-0.05, 0) is 42.3 Å². The van der Waals surface area contributed by atoms with Crippen molar-refractivity contribution < 1.29 is 19.1 Å². The van der Waals surface area contributed by atoms with Crippen molar-refractivity contribution in [1.29, 1.82) is 0 Å². The van der Waals surface area contributed by atoms with Crippen molar-refractivity contribution in [1.82, 2.24) is 4.90 Å². The summed E-state index contributed by atoms with van der Waals surface area (Å²) < 4.78 is 11.4. The second kappa shape index (κ2) is 11.5. The molecule has 1 aliphatic heterocycles. The Hall–Kier alpha value is -3.13. The first-order valence-electron chi connectivity index (χ1n) is 10.9. The minimum Gasteiger partial charge on any atom is -0.489 e. The summed E-state index contributed by atoms with van der Waals surface area (Å²) in [5, 5.41) is 0.655. The van der Waals surface area contributed by atoms with Crippen molar-refractivity contribution in [2.45, 2.75) is 19.6 Å². The van der Waals surface area contributed by atoms with Crippen molar-refractivity contribution in [2.75, 3.05) is 6.61 Å². The van der Waals surface area contributed by atoms with E-state index in [1.165, 1.54) is 4.90 Å². The molecule has 3 aromatic carbocycles. The average molecular weight is 524 g/mol. The number of carbonyl (C=O) groups excluding carboxylic acids is 2. The Morgan fingerprint density at radius 3 is 2.43 bits per heavy atom. The molecule has 1 heterocycles. The Morgan fingerprint density at radius 2 is 1.74 bits per heavy atom. The lowest BCUT2D eigenvalue weighted by Gasteiger charge is -2.25. The number of esters is 1. The number of hydrogen-bond acceptors (Lipinski definition) is 6. The molecule has 0 radical (unpaired) electrons. The highest BCUT2D eigenvalue weighted by Gasteiger charge is 2.42. The van der Waals surface area contributed by atoms with E-state index in [0.29, 0.717) is 32.2 Å². The summed E-state index contributed by atoms with van der Waals surface area (Å²) in [5.41, 5.74) is 2.35. The van der Waals surface area contributed by atoms with Crippen LogP contribution in [0.5, 0.6) is 5.75 Å². The zero-order valence-electron chi connectivity index (χ0n) is 18.8. The van der Waals surface area contributed by atoms with Gasteiger partial charge in [-0.1, -0.05) is 96.2 Å². The van der Waals surface area contributed by atoms with Crippen LogP contribution in [0.15, 0.2) is 83.8 Å². The predicted molar refractivity (Wildman–Crippen MR) is 143 cm³/mol. The highest BCUT2D eigenvalue weighted by atomic mass is 35.5. The molecule has 0 aliphatic carbocycles. The van der Waals surface area contributed by atoms with E-state index in [0.717, 1.165) is 22.9 Å². The molecule has 4 rings (SSSR count). The Morgan fingerprint density at radius 1 is 1.06 bits per heavy atom. The molecule has 1 unspecified atom stereocenters. The summed E-state index contributed by atoms with van der Waals surface area (Å²) >= 11 is 12.8. The normalized spacial score (nSPS) is 15.4. The van der Waals surface area contributed by atoms with Gasteiger partial charge in [0.1, 0.15) is 16.7 Å². The number of ether oxygens (including phenoxy) is 2. The number of nitrogens with zero attached hydrogens (tertiary/aromatic N) is 1. The van der Waals surface area contributed by atoms with Gasteiger partial charge in [-0.15, -0.1) is 0 Å². The van der Waals surface area contributed by atoms with E-state index in [1.54, 1.807) is 25.1 Å². The van der Waals surface area contributed by atoms with Gasteiger partial charge in [0.2, 0.25) is 0 Å². The molecule has 178 valence electrons. The Labute approximate surface area is 218 Å². The third kappa shape index (κ3) is 5.93. The van der Waals surface area contributed by atoms with Gasteiger partial charge in [0.05, 0.1) is 11.5 Å². The average Bonchev–Trinajstić information content (AvgIpc) is 3.13. The van der Waals surface area contributed by atoms with E-state index in [1.807, 2.05) is 66.7 Å². The Bertz CT molecular complexity index is 1260. The van der Waals surface area contributed by atoms with Crippen molar-refractivity contribution in [3.05, 3.63) is 105 Å². The van der Waals surface area contributed by atoms with Crippen molar-refractivity contribution in [3.8, 4) is 5.75 Å². The van der Waals surface area contributed by atoms with Crippen LogP contribution in [0.4, 0.5) is 0 Å². The van der Waals surface area contributed by atoms with Gasteiger partial charge in [0, 0.05) is 10.6 Å². The van der Waals surface area contributed by atoms with Crippen LogP contribution < -0.4 is 4.74 Å². The molecule has 0 aromatic heterocycles. The number of rotatable bonds is 8. The molecule has 0 bridgehead atoms. The van der Waals surface area contributed by atoms with Crippen LogP contribution >= 0.6 is 35.6 Å². The number of hydrogen-bond donors (Lipinski definition) is 0. The number of thiocarbonyl (C=S) groups is 1. The number of benzene rings is 3. The van der Waals surface area contributed by atoms with E-state index >= 15 is 0 Å². The third-order valence-corrected chi connectivity index (χ3v) is 6.94. The summed E-state index contributed by atoms with van der Waals surface area (Å²) in [5.74, 6) is -0.168. The summed E-state index contributed by atoms with van der Waals surface area (Å²) in [6.07, 6.45) is 1.75. The van der Waals surface area contributed by atoms with Crippen LogP contribution in [0.2, 0.25) is 5.02 Å². The molecule has 1 aliphatic rings. The van der Waals surface area contributed by atoms with Gasteiger partial charge in [0.25, 0.3) is 5.91 Å². The maximum Gasteiger partial charge on any atom is 0.333 e. The second-order valence-corrected chi connectivity index (χ2v) is 9.65. The molecule has 0 saturated carbocycles. The molecular weight excluding hydrogens is 502 g/mol. The van der Waals surface area contributed by atoms with E-state index in [2.05, 4.69) is 0 Å². The van der Waals surface area contributed by atoms with Crippen LogP contribution in [0.1, 0.15) is 29.7 Å². The molecule has 3 aromatic rings. The van der Waals surface area contributed by atoms with Crippen molar-refractivity contribution in [3.63, 3.8) is 0 Å². The molecule has 5 nitrogen and oxygen atoms in total. The zero-order valence-corrected chi connectivity index (χ0v) is 21.2. The van der Waals surface area contributed by atoms with E-state index < -0.39 is 12.0 Å². The number of carbonyl (C=O) groups is 2. The van der Waals surface area contributed by atoms with E-state index in [9.17, 15) is 9.59 Å². The molecule has 8 heteroatoms. The van der Waals surface area contributed by atoms with Crippen LogP contribution in [0, 0.1) is 0 Å². The van der Waals surface area contributed by atoms with Crippen LogP contribution in [0.25, 0.3) is 6.08 Å². The minimum atomic E-state index is -0.935. The van der Waals surface area contributed by atoms with Crippen LogP contribution in [0.3, 0.4) is 0 Å². The smallest absolute Gasteiger partial charge is 0.333 e. The highest BCUT2D eigenvalue weighted by Crippen LogP contribution is 2.39. The van der Waals surface area contributed by atoms with Gasteiger partial charge in [-0.3, -0.25) is 9.69 Å². The fourth-order valence-corrected chi connectivity index (χ4v) is 5.04. The molecule has 0 N–H and O–H groups in total. The molecule has 0 spiro atoms. The van der Waals surface area contributed by atoms with Crippen LogP contribution in [-0.4, -0.2) is 27.7 Å². The largest absolute Gasteiger partial charge is 0.489 e. The molecule has 1 amide bonds. The van der Waals surface area contributed by atoms with Crippen LogP contribution in [-0.2, 0) is 20.9 Å². The van der Waals surface area contributed by atoms with Gasteiger partial charge >= 0.3 is 5.97 Å².